The SMILES string of the molecule is Cc1cccc(C(=O)NC[C@H]2[C@@H]3C[C@H]3CN2C(=O)c2ccsc2-c2cccc(C)c2)c1. The third kappa shape index (κ3) is 3.90. The highest BCUT2D eigenvalue weighted by Gasteiger charge is 2.54. The Bertz CT molecular complexity index is 1150. The van der Waals surface area contributed by atoms with Gasteiger partial charge in [0.2, 0.25) is 0 Å². The van der Waals surface area contributed by atoms with Crippen LogP contribution in [-0.4, -0.2) is 35.8 Å². The Labute approximate surface area is 186 Å². The second-order valence-corrected chi connectivity index (χ2v) is 9.71. The summed E-state index contributed by atoms with van der Waals surface area (Å²) in [4.78, 5) is 29.2. The van der Waals surface area contributed by atoms with Crippen molar-refractivity contribution in [3.8, 4) is 10.4 Å². The third-order valence-electron chi connectivity index (χ3n) is 6.49. The van der Waals surface area contributed by atoms with Gasteiger partial charge in [-0.2, -0.15) is 0 Å². The van der Waals surface area contributed by atoms with Crippen LogP contribution in [0.15, 0.2) is 60.0 Å². The highest BCUT2D eigenvalue weighted by Crippen LogP contribution is 2.50. The quantitative estimate of drug-likeness (QED) is 0.624. The zero-order valence-corrected chi connectivity index (χ0v) is 18.6. The Morgan fingerprint density at radius 1 is 1.06 bits per heavy atom. The highest BCUT2D eigenvalue weighted by atomic mass is 32.1. The summed E-state index contributed by atoms with van der Waals surface area (Å²) in [6.45, 7) is 5.34. The molecule has 1 aromatic heterocycles. The molecule has 31 heavy (non-hydrogen) atoms. The maximum atomic E-state index is 13.5. The van der Waals surface area contributed by atoms with Gasteiger partial charge in [0.05, 0.1) is 11.6 Å². The Morgan fingerprint density at radius 3 is 2.61 bits per heavy atom. The van der Waals surface area contributed by atoms with Crippen LogP contribution < -0.4 is 5.32 Å². The van der Waals surface area contributed by atoms with Crippen LogP contribution in [0.25, 0.3) is 10.4 Å². The van der Waals surface area contributed by atoms with Gasteiger partial charge in [0.25, 0.3) is 11.8 Å². The average Bonchev–Trinajstić information content (AvgIpc) is 3.20. The number of aryl methyl sites for hydroxylation is 2. The van der Waals surface area contributed by atoms with Gasteiger partial charge in [-0.15, -0.1) is 11.3 Å². The Kier molecular flexibility index (Phi) is 5.14. The van der Waals surface area contributed by atoms with Gasteiger partial charge in [0.1, 0.15) is 0 Å². The fraction of sp³-hybridized carbons (Fsp3) is 0.308. The van der Waals surface area contributed by atoms with Crippen molar-refractivity contribution >= 4 is 23.2 Å². The molecule has 0 bridgehead atoms. The number of nitrogens with zero attached hydrogens (tertiary/aromatic N) is 1. The van der Waals surface area contributed by atoms with E-state index in [1.54, 1.807) is 11.3 Å². The molecule has 0 spiro atoms. The number of amides is 2. The summed E-state index contributed by atoms with van der Waals surface area (Å²) in [6.07, 6.45) is 1.16. The first-order chi connectivity index (χ1) is 15.0. The largest absolute Gasteiger partial charge is 0.350 e. The van der Waals surface area contributed by atoms with Crippen LogP contribution in [0.2, 0.25) is 0 Å². The standard InChI is InChI=1S/C26H26N2O2S/c1-16-5-3-7-18(11-16)24-21(9-10-31-24)26(30)28-15-20-13-22(20)23(28)14-27-25(29)19-8-4-6-17(2)12-19/h3-12,20,22-23H,13-15H2,1-2H3,(H,27,29)/t20-,22+,23-/m0/s1. The van der Waals surface area contributed by atoms with E-state index in [0.29, 0.717) is 23.9 Å². The van der Waals surface area contributed by atoms with Crippen molar-refractivity contribution in [3.63, 3.8) is 0 Å². The molecule has 0 radical (unpaired) electrons. The summed E-state index contributed by atoms with van der Waals surface area (Å²) < 4.78 is 0. The summed E-state index contributed by atoms with van der Waals surface area (Å²) in [5.41, 5.74) is 4.78. The number of carbonyl (C=O) groups is 2. The zero-order valence-electron chi connectivity index (χ0n) is 17.8. The van der Waals surface area contributed by atoms with E-state index in [0.717, 1.165) is 34.5 Å². The van der Waals surface area contributed by atoms with Crippen molar-refractivity contribution in [1.29, 1.82) is 0 Å². The number of hydrogen-bond donors (Lipinski definition) is 1. The molecule has 2 amide bonds. The average molecular weight is 431 g/mol. The Hall–Kier alpha value is -2.92. The van der Waals surface area contributed by atoms with E-state index in [2.05, 4.69) is 30.4 Å². The Balaban J connectivity index is 1.33. The lowest BCUT2D eigenvalue weighted by Crippen LogP contribution is -2.45. The normalized spacial score (nSPS) is 21.6. The molecule has 2 aromatic carbocycles. The summed E-state index contributed by atoms with van der Waals surface area (Å²) in [7, 11) is 0. The molecule has 1 aliphatic carbocycles. The molecular formula is C26H26N2O2S. The molecule has 2 aliphatic rings. The fourth-order valence-electron chi connectivity index (χ4n) is 4.79. The molecule has 5 heteroatoms. The van der Waals surface area contributed by atoms with E-state index in [4.69, 9.17) is 0 Å². The van der Waals surface area contributed by atoms with E-state index >= 15 is 0 Å². The molecule has 5 rings (SSSR count). The van der Waals surface area contributed by atoms with E-state index in [9.17, 15) is 9.59 Å². The van der Waals surface area contributed by atoms with Gasteiger partial charge in [-0.25, -0.2) is 0 Å². The first kappa shape index (κ1) is 20.0. The number of piperidine rings is 1. The van der Waals surface area contributed by atoms with Gasteiger partial charge in [-0.05, 0) is 61.2 Å². The number of nitrogens with one attached hydrogen (secondary N) is 1. The van der Waals surface area contributed by atoms with Gasteiger partial charge >= 0.3 is 0 Å². The molecule has 158 valence electrons. The van der Waals surface area contributed by atoms with Crippen molar-refractivity contribution in [1.82, 2.24) is 10.2 Å². The maximum absolute atomic E-state index is 13.5. The molecule has 4 nitrogen and oxygen atoms in total. The van der Waals surface area contributed by atoms with E-state index in [1.165, 1.54) is 5.56 Å². The first-order valence-corrected chi connectivity index (χ1v) is 11.7. The lowest BCUT2D eigenvalue weighted by atomic mass is 10.1. The second-order valence-electron chi connectivity index (χ2n) is 8.80. The van der Waals surface area contributed by atoms with Crippen molar-refractivity contribution in [2.24, 2.45) is 11.8 Å². The monoisotopic (exact) mass is 430 g/mol. The van der Waals surface area contributed by atoms with Crippen LogP contribution in [-0.2, 0) is 0 Å². The smallest absolute Gasteiger partial charge is 0.255 e. The van der Waals surface area contributed by atoms with Gasteiger partial charge in [-0.3, -0.25) is 9.59 Å². The number of rotatable bonds is 5. The molecule has 1 N–H and O–H groups in total. The lowest BCUT2D eigenvalue weighted by molar-refractivity contribution is 0.0696. The minimum absolute atomic E-state index is 0.0662. The molecule has 2 heterocycles. The predicted molar refractivity (Wildman–Crippen MR) is 124 cm³/mol. The van der Waals surface area contributed by atoms with E-state index in [-0.39, 0.29) is 17.9 Å². The van der Waals surface area contributed by atoms with Crippen LogP contribution in [0.3, 0.4) is 0 Å². The fourth-order valence-corrected chi connectivity index (χ4v) is 5.68. The van der Waals surface area contributed by atoms with Crippen LogP contribution >= 0.6 is 11.3 Å². The summed E-state index contributed by atoms with van der Waals surface area (Å²) in [5, 5.41) is 5.08. The molecule has 1 saturated carbocycles. The third-order valence-corrected chi connectivity index (χ3v) is 7.46. The molecule has 1 saturated heterocycles. The van der Waals surface area contributed by atoms with Gasteiger partial charge in [-0.1, -0.05) is 47.5 Å². The van der Waals surface area contributed by atoms with Crippen LogP contribution in [0.1, 0.15) is 38.3 Å². The van der Waals surface area contributed by atoms with Crippen molar-refractivity contribution < 1.29 is 9.59 Å². The topological polar surface area (TPSA) is 49.4 Å². The molecule has 0 unspecified atom stereocenters. The molecular weight excluding hydrogens is 404 g/mol. The number of thiophene rings is 1. The molecule has 3 atom stereocenters. The number of hydrogen-bond acceptors (Lipinski definition) is 3. The minimum atomic E-state index is -0.0730. The van der Waals surface area contributed by atoms with Crippen molar-refractivity contribution in [2.75, 3.05) is 13.1 Å². The van der Waals surface area contributed by atoms with E-state index in [1.807, 2.05) is 53.6 Å². The summed E-state index contributed by atoms with van der Waals surface area (Å²) >= 11 is 1.61. The lowest BCUT2D eigenvalue weighted by Gasteiger charge is -2.28. The Morgan fingerprint density at radius 2 is 1.84 bits per heavy atom. The number of benzene rings is 2. The minimum Gasteiger partial charge on any atom is -0.350 e. The number of carbonyl (C=O) groups excluding carboxylic acids is 2. The highest BCUT2D eigenvalue weighted by molar-refractivity contribution is 7.14. The first-order valence-electron chi connectivity index (χ1n) is 10.8. The zero-order chi connectivity index (χ0) is 21.5. The summed E-state index contributed by atoms with van der Waals surface area (Å²) in [6, 6.07) is 17.9. The van der Waals surface area contributed by atoms with Crippen molar-refractivity contribution in [3.05, 3.63) is 82.2 Å². The van der Waals surface area contributed by atoms with Crippen LogP contribution in [0, 0.1) is 25.7 Å². The molecule has 2 fully saturated rings. The van der Waals surface area contributed by atoms with Gasteiger partial charge < -0.3 is 10.2 Å². The number of fused-ring (bicyclic) bond motifs is 1. The second kappa shape index (κ2) is 7.97. The van der Waals surface area contributed by atoms with Gasteiger partial charge in [0, 0.05) is 23.5 Å². The summed E-state index contributed by atoms with van der Waals surface area (Å²) in [5.74, 6) is 1.09. The molecule has 1 aliphatic heterocycles. The van der Waals surface area contributed by atoms with E-state index < -0.39 is 0 Å². The van der Waals surface area contributed by atoms with Crippen LogP contribution in [0.4, 0.5) is 0 Å². The van der Waals surface area contributed by atoms with Crippen molar-refractivity contribution in [2.45, 2.75) is 26.3 Å². The number of likely N-dealkylation sites (tertiary alicyclic amines) is 1. The van der Waals surface area contributed by atoms with Gasteiger partial charge in [0.15, 0.2) is 0 Å². The predicted octanol–water partition coefficient (Wildman–Crippen LogP) is 4.92. The van der Waals surface area contributed by atoms with Crippen LogP contribution in [0.5, 0.6) is 0 Å². The molecule has 3 aromatic rings. The maximum Gasteiger partial charge on any atom is 0.255 e.